The number of nitrogens with two attached hydrogens (primary N) is 1. The summed E-state index contributed by atoms with van der Waals surface area (Å²) >= 11 is 12.5. The van der Waals surface area contributed by atoms with Gasteiger partial charge in [-0.25, -0.2) is 4.98 Å². The number of pyridine rings is 1. The summed E-state index contributed by atoms with van der Waals surface area (Å²) in [5.74, 6) is 0.500. The van der Waals surface area contributed by atoms with Gasteiger partial charge in [0.25, 0.3) is 5.56 Å². The maximum atomic E-state index is 13.4. The number of para-hydroxylation sites is 1. The number of benzene rings is 2. The Morgan fingerprint density at radius 2 is 1.83 bits per heavy atom. The summed E-state index contributed by atoms with van der Waals surface area (Å²) < 4.78 is 1.64. The Morgan fingerprint density at radius 3 is 2.59 bits per heavy atom. The monoisotopic (exact) mass is 425 g/mol. The Bertz CT molecular complexity index is 1260. The van der Waals surface area contributed by atoms with E-state index >= 15 is 0 Å². The molecule has 0 saturated heterocycles. The summed E-state index contributed by atoms with van der Waals surface area (Å²) in [6.07, 6.45) is 1.43. The fraction of sp³-hybridized carbons (Fsp3) is 0.0952. The van der Waals surface area contributed by atoms with Crippen LogP contribution in [0.3, 0.4) is 0 Å². The van der Waals surface area contributed by atoms with Crippen LogP contribution in [0.25, 0.3) is 16.5 Å². The van der Waals surface area contributed by atoms with Gasteiger partial charge in [-0.15, -0.1) is 0 Å². The Morgan fingerprint density at radius 1 is 1.07 bits per heavy atom. The van der Waals surface area contributed by atoms with E-state index in [0.29, 0.717) is 21.2 Å². The Hall–Kier alpha value is -3.09. The lowest BCUT2D eigenvalue weighted by Gasteiger charge is -2.22. The minimum atomic E-state index is -0.321. The summed E-state index contributed by atoms with van der Waals surface area (Å²) in [7, 11) is 0. The third-order valence-corrected chi connectivity index (χ3v) is 5.19. The topological polar surface area (TPSA) is 85.8 Å². The maximum Gasteiger partial charge on any atom is 0.264 e. The van der Waals surface area contributed by atoms with Gasteiger partial charge >= 0.3 is 0 Å². The highest BCUT2D eigenvalue weighted by Gasteiger charge is 2.19. The number of aromatic nitrogens is 3. The molecule has 4 rings (SSSR count). The lowest BCUT2D eigenvalue weighted by atomic mass is 10.1. The highest BCUT2D eigenvalue weighted by molar-refractivity contribution is 6.35. The average Bonchev–Trinajstić information content (AvgIpc) is 2.71. The van der Waals surface area contributed by atoms with Crippen molar-refractivity contribution in [3.05, 3.63) is 86.9 Å². The molecule has 0 spiro atoms. The van der Waals surface area contributed by atoms with E-state index < -0.39 is 0 Å². The van der Waals surface area contributed by atoms with Crippen molar-refractivity contribution in [2.45, 2.75) is 13.0 Å². The second-order valence-electron chi connectivity index (χ2n) is 6.54. The molecule has 0 amide bonds. The molecule has 29 heavy (non-hydrogen) atoms. The molecule has 0 aliphatic heterocycles. The fourth-order valence-corrected chi connectivity index (χ4v) is 3.67. The minimum Gasteiger partial charge on any atom is -0.368 e. The van der Waals surface area contributed by atoms with Gasteiger partial charge in [-0.05, 0) is 36.6 Å². The number of nitrogens with one attached hydrogen (secondary N) is 1. The lowest BCUT2D eigenvalue weighted by molar-refractivity contribution is 0.773. The van der Waals surface area contributed by atoms with Crippen LogP contribution in [0.4, 0.5) is 11.8 Å². The van der Waals surface area contributed by atoms with E-state index in [2.05, 4.69) is 15.3 Å². The smallest absolute Gasteiger partial charge is 0.264 e. The molecule has 6 nitrogen and oxygen atoms in total. The second kappa shape index (κ2) is 7.73. The van der Waals surface area contributed by atoms with Gasteiger partial charge in [0, 0.05) is 11.4 Å². The molecule has 0 aliphatic rings. The van der Waals surface area contributed by atoms with E-state index in [4.69, 9.17) is 28.9 Å². The van der Waals surface area contributed by atoms with Crippen LogP contribution < -0.4 is 16.6 Å². The molecule has 0 unspecified atom stereocenters. The van der Waals surface area contributed by atoms with E-state index in [1.165, 1.54) is 6.20 Å². The third kappa shape index (κ3) is 3.64. The first-order valence-electron chi connectivity index (χ1n) is 8.90. The van der Waals surface area contributed by atoms with Crippen molar-refractivity contribution < 1.29 is 0 Å². The number of nitrogens with zero attached hydrogens (tertiary/aromatic N) is 3. The molecule has 0 bridgehead atoms. The number of rotatable bonds is 4. The average molecular weight is 426 g/mol. The van der Waals surface area contributed by atoms with Crippen LogP contribution >= 0.6 is 23.2 Å². The number of hydrogen-bond donors (Lipinski definition) is 2. The van der Waals surface area contributed by atoms with Crippen LogP contribution in [-0.2, 0) is 0 Å². The van der Waals surface area contributed by atoms with Gasteiger partial charge in [-0.3, -0.25) is 9.36 Å². The molecule has 0 fully saturated rings. The molecule has 0 radical (unpaired) electrons. The molecule has 0 saturated carbocycles. The van der Waals surface area contributed by atoms with Crippen LogP contribution in [0.5, 0.6) is 0 Å². The molecular formula is C21H17Cl2N5O. The number of anilines is 2. The zero-order chi connectivity index (χ0) is 20.5. The van der Waals surface area contributed by atoms with Crippen molar-refractivity contribution in [2.75, 3.05) is 11.1 Å². The molecular weight excluding hydrogens is 409 g/mol. The van der Waals surface area contributed by atoms with Crippen LogP contribution in [0.2, 0.25) is 10.0 Å². The van der Waals surface area contributed by atoms with Gasteiger partial charge in [-0.2, -0.15) is 4.98 Å². The van der Waals surface area contributed by atoms with E-state index in [-0.39, 0.29) is 17.5 Å². The predicted octanol–water partition coefficient (Wildman–Crippen LogP) is 4.84. The molecule has 3 N–H and O–H groups in total. The van der Waals surface area contributed by atoms with E-state index in [1.54, 1.807) is 10.6 Å². The first-order chi connectivity index (χ1) is 14.0. The van der Waals surface area contributed by atoms with Gasteiger partial charge in [-0.1, -0.05) is 53.5 Å². The lowest BCUT2D eigenvalue weighted by Crippen LogP contribution is -2.26. The van der Waals surface area contributed by atoms with Gasteiger partial charge in [0.15, 0.2) is 5.82 Å². The summed E-state index contributed by atoms with van der Waals surface area (Å²) in [5.41, 5.74) is 6.95. The van der Waals surface area contributed by atoms with Gasteiger partial charge in [0.05, 0.1) is 22.6 Å². The number of fused-ring (bicyclic) bond motifs is 1. The van der Waals surface area contributed by atoms with Crippen LogP contribution in [0, 0.1) is 0 Å². The maximum absolute atomic E-state index is 13.4. The molecule has 0 aliphatic carbocycles. The fourth-order valence-electron chi connectivity index (χ4n) is 3.26. The molecule has 2 aromatic heterocycles. The predicted molar refractivity (Wildman–Crippen MR) is 118 cm³/mol. The third-order valence-electron chi connectivity index (χ3n) is 4.60. The van der Waals surface area contributed by atoms with E-state index in [0.717, 1.165) is 16.8 Å². The zero-order valence-corrected chi connectivity index (χ0v) is 16.9. The summed E-state index contributed by atoms with van der Waals surface area (Å²) in [6, 6.07) is 16.4. The normalized spacial score (nSPS) is 12.1. The van der Waals surface area contributed by atoms with Crippen molar-refractivity contribution in [3.8, 4) is 5.69 Å². The Kier molecular flexibility index (Phi) is 5.13. The quantitative estimate of drug-likeness (QED) is 0.488. The highest BCUT2D eigenvalue weighted by Crippen LogP contribution is 2.28. The van der Waals surface area contributed by atoms with Crippen LogP contribution in [0.1, 0.15) is 18.7 Å². The zero-order valence-electron chi connectivity index (χ0n) is 15.4. The molecule has 4 aromatic rings. The van der Waals surface area contributed by atoms with Crippen molar-refractivity contribution in [3.63, 3.8) is 0 Å². The Labute approximate surface area is 176 Å². The molecule has 2 heterocycles. The standard InChI is InChI=1S/C21H17Cl2N5O/c1-12(26-19-16(23)11-25-21(24)27-19)17-10-13-6-5-9-15(22)18(13)20(29)28(17)14-7-3-2-4-8-14/h2-12H,1H3,(H3,24,25,26,27)/t12-/m0/s1. The largest absolute Gasteiger partial charge is 0.368 e. The van der Waals surface area contributed by atoms with Gasteiger partial charge in [0.2, 0.25) is 5.95 Å². The van der Waals surface area contributed by atoms with E-state index in [1.807, 2.05) is 55.5 Å². The molecule has 8 heteroatoms. The van der Waals surface area contributed by atoms with Crippen LogP contribution in [0.15, 0.2) is 65.6 Å². The van der Waals surface area contributed by atoms with Crippen molar-refractivity contribution >= 4 is 45.7 Å². The first-order valence-corrected chi connectivity index (χ1v) is 9.65. The van der Waals surface area contributed by atoms with Crippen molar-refractivity contribution in [2.24, 2.45) is 0 Å². The highest BCUT2D eigenvalue weighted by atomic mass is 35.5. The van der Waals surface area contributed by atoms with Crippen molar-refractivity contribution in [1.82, 2.24) is 14.5 Å². The van der Waals surface area contributed by atoms with Crippen molar-refractivity contribution in [1.29, 1.82) is 0 Å². The summed E-state index contributed by atoms with van der Waals surface area (Å²) in [6.45, 7) is 1.92. The van der Waals surface area contributed by atoms with Gasteiger partial charge in [0.1, 0.15) is 5.02 Å². The summed E-state index contributed by atoms with van der Waals surface area (Å²) in [4.78, 5) is 21.5. The van der Waals surface area contributed by atoms with E-state index in [9.17, 15) is 4.79 Å². The molecule has 146 valence electrons. The second-order valence-corrected chi connectivity index (χ2v) is 7.35. The Balaban J connectivity index is 1.93. The minimum absolute atomic E-state index is 0.106. The van der Waals surface area contributed by atoms with Crippen LogP contribution in [-0.4, -0.2) is 14.5 Å². The number of hydrogen-bond acceptors (Lipinski definition) is 5. The molecule has 1 atom stereocenters. The molecule has 2 aromatic carbocycles. The van der Waals surface area contributed by atoms with Gasteiger partial charge < -0.3 is 11.1 Å². The SMILES string of the molecule is C[C@H](Nc1nc(N)ncc1Cl)c1cc2cccc(Cl)c2c(=O)n1-c1ccccc1. The summed E-state index contributed by atoms with van der Waals surface area (Å²) in [5, 5.41) is 5.20. The number of halogens is 2. The number of nitrogen functional groups attached to an aromatic ring is 1. The first kappa shape index (κ1) is 19.2.